The average Bonchev–Trinajstić information content (AvgIpc) is 2.92. The smallest absolute Gasteiger partial charge is 0.259 e. The maximum absolute atomic E-state index is 13.1. The van der Waals surface area contributed by atoms with Crippen LogP contribution in [0.15, 0.2) is 48.5 Å². The third-order valence-electron chi connectivity index (χ3n) is 6.56. The zero-order valence-corrected chi connectivity index (χ0v) is 22.1. The Labute approximate surface area is 225 Å². The lowest BCUT2D eigenvalue weighted by atomic mass is 10.1. The molecule has 39 heavy (non-hydrogen) atoms. The summed E-state index contributed by atoms with van der Waals surface area (Å²) in [5, 5.41) is 20.5. The molecule has 0 aliphatic carbocycles. The van der Waals surface area contributed by atoms with Crippen LogP contribution in [0.3, 0.4) is 0 Å². The molecule has 13 nitrogen and oxygen atoms in total. The van der Waals surface area contributed by atoms with Crippen molar-refractivity contribution >= 4 is 45.0 Å². The molecule has 2 heterocycles. The number of aliphatic hydroxyl groups excluding tert-OH is 1. The van der Waals surface area contributed by atoms with Gasteiger partial charge in [-0.05, 0) is 48.5 Å². The number of nitrogens with one attached hydrogen (secondary N) is 2. The lowest BCUT2D eigenvalue weighted by Gasteiger charge is -2.34. The first kappa shape index (κ1) is 28.2. The fourth-order valence-electron chi connectivity index (χ4n) is 4.36. The average molecular weight is 559 g/mol. The normalized spacial score (nSPS) is 19.4. The molecule has 2 atom stereocenters. The van der Waals surface area contributed by atoms with Crippen LogP contribution < -0.4 is 16.0 Å². The predicted octanol–water partition coefficient (Wildman–Crippen LogP) is -0.581. The van der Waals surface area contributed by atoms with Crippen molar-refractivity contribution in [2.24, 2.45) is 5.73 Å². The lowest BCUT2D eigenvalue weighted by Crippen LogP contribution is -2.55. The number of aliphatic hydroxyl groups is 1. The van der Waals surface area contributed by atoms with Crippen molar-refractivity contribution in [3.8, 4) is 0 Å². The molecule has 2 aliphatic heterocycles. The van der Waals surface area contributed by atoms with Gasteiger partial charge in [-0.1, -0.05) is 0 Å². The fraction of sp³-hybridized carbons (Fsp3) is 0.360. The molecule has 14 heteroatoms. The van der Waals surface area contributed by atoms with Crippen LogP contribution in [0.1, 0.15) is 15.9 Å². The van der Waals surface area contributed by atoms with Crippen molar-refractivity contribution in [3.05, 3.63) is 59.7 Å². The quantitative estimate of drug-likeness (QED) is 0.257. The number of rotatable bonds is 7. The Morgan fingerprint density at radius 3 is 2.18 bits per heavy atom. The van der Waals surface area contributed by atoms with Gasteiger partial charge in [-0.2, -0.15) is 4.31 Å². The van der Waals surface area contributed by atoms with Gasteiger partial charge in [-0.25, -0.2) is 8.42 Å². The topological polar surface area (TPSA) is 186 Å². The molecule has 4 rings (SSSR count). The lowest BCUT2D eigenvalue weighted by molar-refractivity contribution is -0.150. The molecule has 2 aromatic carbocycles. The molecule has 3 amide bonds. The number of ether oxygens (including phenoxy) is 1. The van der Waals surface area contributed by atoms with E-state index in [1.165, 1.54) is 33.5 Å². The highest BCUT2D eigenvalue weighted by Gasteiger charge is 2.39. The van der Waals surface area contributed by atoms with E-state index in [-0.39, 0.29) is 51.1 Å². The van der Waals surface area contributed by atoms with Crippen molar-refractivity contribution in [3.63, 3.8) is 0 Å². The first-order valence-corrected chi connectivity index (χ1v) is 14.0. The van der Waals surface area contributed by atoms with Crippen LogP contribution >= 0.6 is 0 Å². The highest BCUT2D eigenvalue weighted by atomic mass is 32.2. The molecule has 1 unspecified atom stereocenters. The summed E-state index contributed by atoms with van der Waals surface area (Å²) in [5.41, 5.74) is 7.10. The van der Waals surface area contributed by atoms with Gasteiger partial charge in [-0.15, -0.1) is 0 Å². The number of nitrogens with two attached hydrogens (primary N) is 1. The van der Waals surface area contributed by atoms with Crippen molar-refractivity contribution in [1.29, 1.82) is 5.41 Å². The number of amidine groups is 1. The monoisotopic (exact) mass is 558 g/mol. The summed E-state index contributed by atoms with van der Waals surface area (Å²) in [6.07, 6.45) is -2.07. The molecule has 5 N–H and O–H groups in total. The van der Waals surface area contributed by atoms with E-state index in [2.05, 4.69) is 5.32 Å². The Morgan fingerprint density at radius 2 is 1.62 bits per heavy atom. The Hall–Kier alpha value is -3.85. The van der Waals surface area contributed by atoms with Gasteiger partial charge in [0.15, 0.2) is 12.2 Å². The molecule has 0 spiro atoms. The summed E-state index contributed by atoms with van der Waals surface area (Å²) in [6.45, 7) is 1.28. The van der Waals surface area contributed by atoms with E-state index in [1.54, 1.807) is 29.2 Å². The molecular weight excluding hydrogens is 528 g/mol. The molecule has 2 saturated heterocycles. The van der Waals surface area contributed by atoms with E-state index in [1.807, 2.05) is 0 Å². The van der Waals surface area contributed by atoms with Crippen molar-refractivity contribution in [2.45, 2.75) is 12.2 Å². The summed E-state index contributed by atoms with van der Waals surface area (Å²) < 4.78 is 30.2. The Bertz CT molecular complexity index is 1360. The number of piperazine rings is 1. The van der Waals surface area contributed by atoms with Crippen LogP contribution in [-0.4, -0.2) is 104 Å². The number of morpholine rings is 1. The number of hydrogen-bond acceptors (Lipinski definition) is 8. The molecule has 2 aliphatic rings. The zero-order valence-electron chi connectivity index (χ0n) is 21.2. The highest BCUT2D eigenvalue weighted by Crippen LogP contribution is 2.23. The Kier molecular flexibility index (Phi) is 8.30. The number of hydrogen-bond donors (Lipinski definition) is 4. The first-order chi connectivity index (χ1) is 18.5. The van der Waals surface area contributed by atoms with Crippen LogP contribution in [0.4, 0.5) is 11.4 Å². The van der Waals surface area contributed by atoms with Crippen molar-refractivity contribution < 1.29 is 32.6 Å². The van der Waals surface area contributed by atoms with Crippen molar-refractivity contribution in [2.75, 3.05) is 55.8 Å². The second kappa shape index (κ2) is 11.5. The molecule has 0 aromatic heterocycles. The van der Waals surface area contributed by atoms with E-state index in [4.69, 9.17) is 15.9 Å². The van der Waals surface area contributed by atoms with Gasteiger partial charge in [0.1, 0.15) is 5.84 Å². The Morgan fingerprint density at radius 1 is 1.03 bits per heavy atom. The molecule has 0 radical (unpaired) electrons. The predicted molar refractivity (Wildman–Crippen MR) is 143 cm³/mol. The molecule has 0 saturated carbocycles. The van der Waals surface area contributed by atoms with Gasteiger partial charge in [0.25, 0.3) is 17.7 Å². The minimum atomic E-state index is -3.31. The van der Waals surface area contributed by atoms with Crippen LogP contribution in [0, 0.1) is 5.41 Å². The SMILES string of the molecule is CS(=O)(=O)N1CCN(C(=O)c2ccc(N3CCO[C@H](C(O)C(=O)Nc4ccc(C(=N)N)cc4)C3=O)cc2)CC1. The van der Waals surface area contributed by atoms with Crippen LogP contribution in [0.2, 0.25) is 0 Å². The number of carbonyl (C=O) groups excluding carboxylic acids is 3. The fourth-order valence-corrected chi connectivity index (χ4v) is 5.19. The largest absolute Gasteiger partial charge is 0.384 e. The highest BCUT2D eigenvalue weighted by molar-refractivity contribution is 7.88. The summed E-state index contributed by atoms with van der Waals surface area (Å²) in [6, 6.07) is 12.5. The third kappa shape index (κ3) is 6.42. The first-order valence-electron chi connectivity index (χ1n) is 12.2. The van der Waals surface area contributed by atoms with Gasteiger partial charge >= 0.3 is 0 Å². The Balaban J connectivity index is 1.38. The summed E-state index contributed by atoms with van der Waals surface area (Å²) >= 11 is 0. The molecule has 2 fully saturated rings. The number of amides is 3. The molecule has 208 valence electrons. The maximum Gasteiger partial charge on any atom is 0.259 e. The maximum atomic E-state index is 13.1. The standard InChI is InChI=1S/C25H30N6O7S/c1-39(36,37)30-12-10-29(11-13-30)24(34)17-4-8-19(9-5-17)31-14-15-38-21(25(31)35)20(32)23(33)28-18-6-2-16(3-7-18)22(26)27/h2-9,20-21,32H,10-15H2,1H3,(H3,26,27)(H,28,33)/t20?,21-/m1/s1. The molecular formula is C25H30N6O7S. The van der Waals surface area contributed by atoms with E-state index in [0.29, 0.717) is 22.5 Å². The summed E-state index contributed by atoms with van der Waals surface area (Å²) in [5.74, 6) is -1.81. The molecule has 0 bridgehead atoms. The van der Waals surface area contributed by atoms with Gasteiger partial charge in [-0.3, -0.25) is 19.8 Å². The van der Waals surface area contributed by atoms with Gasteiger partial charge in [0, 0.05) is 55.2 Å². The van der Waals surface area contributed by atoms with Crippen molar-refractivity contribution in [1.82, 2.24) is 9.21 Å². The van der Waals surface area contributed by atoms with Gasteiger partial charge in [0.05, 0.1) is 12.9 Å². The van der Waals surface area contributed by atoms with Gasteiger partial charge in [0.2, 0.25) is 10.0 Å². The summed E-state index contributed by atoms with van der Waals surface area (Å²) in [4.78, 5) is 41.6. The van der Waals surface area contributed by atoms with E-state index < -0.39 is 34.0 Å². The summed E-state index contributed by atoms with van der Waals surface area (Å²) in [7, 11) is -3.31. The number of anilines is 2. The number of nitrogens with zero attached hydrogens (tertiary/aromatic N) is 3. The number of carbonyl (C=O) groups is 3. The minimum absolute atomic E-state index is 0.0827. The van der Waals surface area contributed by atoms with Crippen LogP contribution in [-0.2, 0) is 24.3 Å². The number of benzene rings is 2. The van der Waals surface area contributed by atoms with Crippen LogP contribution in [0.25, 0.3) is 0 Å². The van der Waals surface area contributed by atoms with Crippen LogP contribution in [0.5, 0.6) is 0 Å². The van der Waals surface area contributed by atoms with E-state index >= 15 is 0 Å². The van der Waals surface area contributed by atoms with E-state index in [9.17, 15) is 27.9 Å². The second-order valence-corrected chi connectivity index (χ2v) is 11.2. The van der Waals surface area contributed by atoms with E-state index in [0.717, 1.165) is 6.26 Å². The second-order valence-electron chi connectivity index (χ2n) is 9.21. The van der Waals surface area contributed by atoms with Gasteiger partial charge < -0.3 is 30.7 Å². The number of sulfonamides is 1. The zero-order chi connectivity index (χ0) is 28.3. The number of nitrogen functional groups attached to an aromatic ring is 1. The minimum Gasteiger partial charge on any atom is -0.384 e. The third-order valence-corrected chi connectivity index (χ3v) is 7.86. The molecule has 2 aromatic rings.